The van der Waals surface area contributed by atoms with Gasteiger partial charge in [0.2, 0.25) is 0 Å². The number of hydrogen-bond donors (Lipinski definition) is 3. The molecule has 0 radical (unpaired) electrons. The number of aryl methyl sites for hydroxylation is 1. The molecule has 0 saturated heterocycles. The third kappa shape index (κ3) is 5.53. The van der Waals surface area contributed by atoms with Gasteiger partial charge in [0.1, 0.15) is 22.2 Å². The van der Waals surface area contributed by atoms with E-state index in [4.69, 9.17) is 17.3 Å². The van der Waals surface area contributed by atoms with Gasteiger partial charge >= 0.3 is 6.18 Å². The lowest BCUT2D eigenvalue weighted by Crippen LogP contribution is -2.27. The first-order valence-corrected chi connectivity index (χ1v) is 11.2. The van der Waals surface area contributed by atoms with E-state index in [0.29, 0.717) is 12.8 Å². The number of alkyl halides is 3. The second-order valence-electron chi connectivity index (χ2n) is 8.19. The first-order chi connectivity index (χ1) is 17.5. The second-order valence-corrected chi connectivity index (χ2v) is 8.60. The Kier molecular flexibility index (Phi) is 7.12. The summed E-state index contributed by atoms with van der Waals surface area (Å²) in [6.07, 6.45) is -0.714. The van der Waals surface area contributed by atoms with Crippen LogP contribution in [0.1, 0.15) is 25.3 Å². The third-order valence-electron chi connectivity index (χ3n) is 5.50. The summed E-state index contributed by atoms with van der Waals surface area (Å²) in [6.45, 7) is 1.80. The highest BCUT2D eigenvalue weighted by atomic mass is 35.5. The zero-order valence-electron chi connectivity index (χ0n) is 19.1. The Morgan fingerprint density at radius 3 is 2.68 bits per heavy atom. The maximum Gasteiger partial charge on any atom is 0.423 e. The highest BCUT2D eigenvalue weighted by Crippen LogP contribution is 2.32. The fourth-order valence-electron chi connectivity index (χ4n) is 3.71. The van der Waals surface area contributed by atoms with Crippen molar-refractivity contribution in [2.45, 2.75) is 38.5 Å². The Bertz CT molecular complexity index is 1590. The highest BCUT2D eigenvalue weighted by molar-refractivity contribution is 6.32. The van der Waals surface area contributed by atoms with Gasteiger partial charge in [-0.1, -0.05) is 11.6 Å². The molecule has 0 bridgehead atoms. The fraction of sp³-hybridized carbons (Fsp3) is 0.273. The topological polar surface area (TPSA) is 144 Å². The van der Waals surface area contributed by atoms with Gasteiger partial charge in [0.05, 0.1) is 40.9 Å². The number of hydrogen-bond acceptors (Lipinski definition) is 8. The van der Waals surface area contributed by atoms with Crippen molar-refractivity contribution in [2.24, 2.45) is 0 Å². The van der Waals surface area contributed by atoms with Gasteiger partial charge in [-0.05, 0) is 31.9 Å². The summed E-state index contributed by atoms with van der Waals surface area (Å²) < 4.78 is 55.7. The van der Waals surface area contributed by atoms with Gasteiger partial charge in [0, 0.05) is 12.6 Å². The normalized spacial score (nSPS) is 12.6. The Hall–Kier alpha value is -4.07. The average Bonchev–Trinajstić information content (AvgIpc) is 2.81. The molecule has 1 atom stereocenters. The number of aromatic amines is 1. The Morgan fingerprint density at radius 2 is 1.97 bits per heavy atom. The molecule has 10 nitrogen and oxygen atoms in total. The van der Waals surface area contributed by atoms with E-state index in [2.05, 4.69) is 25.4 Å². The first kappa shape index (κ1) is 26.0. The van der Waals surface area contributed by atoms with E-state index < -0.39 is 40.4 Å². The van der Waals surface area contributed by atoms with Gasteiger partial charge in [-0.25, -0.2) is 24.4 Å². The lowest BCUT2D eigenvalue weighted by atomic mass is 10.1. The van der Waals surface area contributed by atoms with Gasteiger partial charge in [0.25, 0.3) is 11.1 Å². The van der Waals surface area contributed by atoms with Crippen LogP contribution in [0.25, 0.3) is 22.3 Å². The number of nitrogens with two attached hydrogens (primary N) is 1. The fourth-order valence-corrected chi connectivity index (χ4v) is 3.81. The molecular weight excluding hydrogens is 520 g/mol. The molecule has 1 aromatic carbocycles. The van der Waals surface area contributed by atoms with Crippen molar-refractivity contribution in [2.75, 3.05) is 11.1 Å². The lowest BCUT2D eigenvalue weighted by molar-refractivity contribution is -0.138. The van der Waals surface area contributed by atoms with Gasteiger partial charge < -0.3 is 11.1 Å². The van der Waals surface area contributed by atoms with E-state index >= 15 is 0 Å². The maximum atomic E-state index is 14.8. The molecule has 3 aromatic heterocycles. The maximum absolute atomic E-state index is 14.8. The van der Waals surface area contributed by atoms with Crippen molar-refractivity contribution < 1.29 is 17.6 Å². The summed E-state index contributed by atoms with van der Waals surface area (Å²) in [5.41, 5.74) is 2.22. The minimum absolute atomic E-state index is 0.00659. The van der Waals surface area contributed by atoms with Crippen LogP contribution in [0.5, 0.6) is 0 Å². The van der Waals surface area contributed by atoms with Crippen LogP contribution in [0.4, 0.5) is 29.1 Å². The molecule has 0 spiro atoms. The summed E-state index contributed by atoms with van der Waals surface area (Å²) in [5.74, 6) is -0.795. The molecule has 194 valence electrons. The minimum Gasteiger partial charge on any atom is -0.382 e. The number of benzene rings is 1. The molecular formula is C22H19ClF4N8O2. The Morgan fingerprint density at radius 1 is 1.22 bits per heavy atom. The summed E-state index contributed by atoms with van der Waals surface area (Å²) in [5, 5.41) is 7.97. The third-order valence-corrected chi connectivity index (χ3v) is 5.79. The van der Waals surface area contributed by atoms with Crippen LogP contribution in [0, 0.1) is 5.82 Å². The number of nitrogen functional groups attached to an aromatic ring is 1. The number of nitrogens with one attached hydrogen (secondary N) is 2. The minimum atomic E-state index is -4.86. The molecule has 4 N–H and O–H groups in total. The largest absolute Gasteiger partial charge is 0.423 e. The number of nitrogens with zero attached hydrogens (tertiary/aromatic N) is 5. The predicted octanol–water partition coefficient (Wildman–Crippen LogP) is 3.61. The SMILES string of the molecule is C[C@@H](CCCn1cnc2cc(-c3ncc(Cl)c(N)n3)c(F)cc2c1=O)Nc1cn[nH]c(=O)c1C(F)(F)F. The molecule has 37 heavy (non-hydrogen) atoms. The molecule has 0 amide bonds. The lowest BCUT2D eigenvalue weighted by Gasteiger charge is -2.18. The van der Waals surface area contributed by atoms with Crippen molar-refractivity contribution in [1.29, 1.82) is 0 Å². The average molecular weight is 539 g/mol. The Balaban J connectivity index is 1.48. The van der Waals surface area contributed by atoms with Crippen LogP contribution in [-0.4, -0.2) is 35.8 Å². The first-order valence-electron chi connectivity index (χ1n) is 10.8. The van der Waals surface area contributed by atoms with Crippen LogP contribution in [-0.2, 0) is 12.7 Å². The van der Waals surface area contributed by atoms with E-state index in [9.17, 15) is 27.2 Å². The molecule has 0 aliphatic carbocycles. The number of anilines is 2. The van der Waals surface area contributed by atoms with Gasteiger partial charge in [-0.15, -0.1) is 0 Å². The summed E-state index contributed by atoms with van der Waals surface area (Å²) >= 11 is 5.81. The quantitative estimate of drug-likeness (QED) is 0.303. The number of fused-ring (bicyclic) bond motifs is 1. The molecule has 0 saturated carbocycles. The molecule has 0 aliphatic heterocycles. The molecule has 15 heteroatoms. The Labute approximate surface area is 210 Å². The van der Waals surface area contributed by atoms with Crippen LogP contribution in [0.3, 0.4) is 0 Å². The van der Waals surface area contributed by atoms with E-state index in [-0.39, 0.29) is 39.7 Å². The molecule has 0 fully saturated rings. The van der Waals surface area contributed by atoms with E-state index in [1.807, 2.05) is 0 Å². The zero-order valence-corrected chi connectivity index (χ0v) is 19.9. The van der Waals surface area contributed by atoms with Gasteiger partial charge in [-0.3, -0.25) is 14.2 Å². The monoisotopic (exact) mass is 538 g/mol. The molecule has 4 rings (SSSR count). The van der Waals surface area contributed by atoms with Crippen LogP contribution < -0.4 is 22.2 Å². The standard InChI is InChI=1S/C22H19ClF4N8O2/c1-10(32-16-8-31-34-20(36)17(16)22(25,26)27)3-2-4-35-9-30-15-6-11(14(24)5-12(15)21(35)37)19-29-7-13(23)18(28)33-19/h5-10H,2-4H2,1H3,(H2,28,29,33)(H2,32,34,36)/t10-/m0/s1. The van der Waals surface area contributed by atoms with Crippen molar-refractivity contribution in [1.82, 2.24) is 29.7 Å². The molecule has 0 aliphatic rings. The summed E-state index contributed by atoms with van der Waals surface area (Å²) in [6, 6.07) is 1.88. The van der Waals surface area contributed by atoms with E-state index in [0.717, 1.165) is 12.3 Å². The second kappa shape index (κ2) is 10.1. The van der Waals surface area contributed by atoms with E-state index in [1.165, 1.54) is 23.2 Å². The van der Waals surface area contributed by atoms with Crippen molar-refractivity contribution >= 4 is 34.0 Å². The van der Waals surface area contributed by atoms with Crippen LogP contribution >= 0.6 is 11.6 Å². The molecule has 4 aromatic rings. The van der Waals surface area contributed by atoms with Crippen LogP contribution in [0.15, 0.2) is 40.4 Å². The zero-order chi connectivity index (χ0) is 26.9. The van der Waals surface area contributed by atoms with Crippen molar-refractivity contribution in [3.63, 3.8) is 0 Å². The number of H-pyrrole nitrogens is 1. The van der Waals surface area contributed by atoms with E-state index in [1.54, 1.807) is 12.0 Å². The van der Waals surface area contributed by atoms with Crippen molar-refractivity contribution in [3.8, 4) is 11.4 Å². The molecule has 0 unspecified atom stereocenters. The number of rotatable bonds is 7. The van der Waals surface area contributed by atoms with Crippen LogP contribution in [0.2, 0.25) is 5.02 Å². The van der Waals surface area contributed by atoms with Gasteiger partial charge in [0.15, 0.2) is 5.82 Å². The van der Waals surface area contributed by atoms with Gasteiger partial charge in [-0.2, -0.15) is 18.3 Å². The smallest absolute Gasteiger partial charge is 0.382 e. The summed E-state index contributed by atoms with van der Waals surface area (Å²) in [4.78, 5) is 36.6. The number of halogens is 5. The summed E-state index contributed by atoms with van der Waals surface area (Å²) in [7, 11) is 0. The highest BCUT2D eigenvalue weighted by Gasteiger charge is 2.37. The number of aromatic nitrogens is 6. The molecule has 3 heterocycles. The predicted molar refractivity (Wildman–Crippen MR) is 129 cm³/mol. The van der Waals surface area contributed by atoms with Crippen molar-refractivity contribution in [3.05, 3.63) is 68.0 Å².